The SMILES string of the molecule is O=C(C1NCC[C@@H]1O)N1CCN(c2nc(N3CCOCC3)nc(-n3c(C(F)F)nc4ccccc43)n2)CC1. The van der Waals surface area contributed by atoms with E-state index >= 15 is 0 Å². The third kappa shape index (κ3) is 4.63. The van der Waals surface area contributed by atoms with Crippen LogP contribution >= 0.6 is 0 Å². The van der Waals surface area contributed by atoms with E-state index in [0.717, 1.165) is 0 Å². The van der Waals surface area contributed by atoms with E-state index in [1.807, 2.05) is 9.80 Å². The zero-order valence-corrected chi connectivity index (χ0v) is 20.7. The highest BCUT2D eigenvalue weighted by molar-refractivity contribution is 5.83. The number of carbonyl (C=O) groups excluding carboxylic acids is 1. The van der Waals surface area contributed by atoms with Crippen LogP contribution in [0.4, 0.5) is 20.7 Å². The van der Waals surface area contributed by atoms with Crippen LogP contribution in [0, 0.1) is 0 Å². The Morgan fingerprint density at radius 2 is 1.61 bits per heavy atom. The van der Waals surface area contributed by atoms with E-state index in [0.29, 0.717) is 88.4 Å². The number of hydrogen-bond acceptors (Lipinski definition) is 10. The van der Waals surface area contributed by atoms with Gasteiger partial charge in [-0.3, -0.25) is 9.36 Å². The maximum atomic E-state index is 14.1. The molecule has 0 aliphatic carbocycles. The van der Waals surface area contributed by atoms with Crippen LogP contribution in [-0.2, 0) is 9.53 Å². The summed E-state index contributed by atoms with van der Waals surface area (Å²) in [6.07, 6.45) is -2.96. The van der Waals surface area contributed by atoms with E-state index in [1.165, 1.54) is 4.57 Å². The van der Waals surface area contributed by atoms with Crippen molar-refractivity contribution in [2.45, 2.75) is 25.0 Å². The minimum absolute atomic E-state index is 0.0669. The van der Waals surface area contributed by atoms with Gasteiger partial charge in [0.2, 0.25) is 23.8 Å². The van der Waals surface area contributed by atoms with Crippen LogP contribution < -0.4 is 15.1 Å². The van der Waals surface area contributed by atoms with Crippen LogP contribution in [-0.4, -0.2) is 112 Å². The summed E-state index contributed by atoms with van der Waals surface area (Å²) in [4.78, 5) is 36.6. The van der Waals surface area contributed by atoms with Gasteiger partial charge >= 0.3 is 0 Å². The number of ether oxygens (including phenoxy) is 1. The van der Waals surface area contributed by atoms with Crippen LogP contribution in [0.2, 0.25) is 0 Å². The number of aliphatic hydroxyl groups excluding tert-OH is 1. The number of alkyl halides is 2. The summed E-state index contributed by atoms with van der Waals surface area (Å²) in [5.41, 5.74) is 0.901. The number of benzene rings is 1. The summed E-state index contributed by atoms with van der Waals surface area (Å²) in [6.45, 7) is 4.51. The number of imidazole rings is 1. The van der Waals surface area contributed by atoms with Crippen molar-refractivity contribution in [2.24, 2.45) is 0 Å². The van der Waals surface area contributed by atoms with Crippen LogP contribution in [0.1, 0.15) is 18.7 Å². The number of amides is 1. The summed E-state index contributed by atoms with van der Waals surface area (Å²) >= 11 is 0. The number of anilines is 2. The largest absolute Gasteiger partial charge is 0.391 e. The van der Waals surface area contributed by atoms with Gasteiger partial charge in [0.25, 0.3) is 6.43 Å². The molecule has 3 aromatic rings. The number of para-hydroxylation sites is 2. The Kier molecular flexibility index (Phi) is 6.76. The molecule has 12 nitrogen and oxygen atoms in total. The number of halogens is 2. The number of morpholine rings is 1. The van der Waals surface area contributed by atoms with Crippen LogP contribution in [0.3, 0.4) is 0 Å². The molecule has 3 fully saturated rings. The first-order chi connectivity index (χ1) is 18.5. The number of fused-ring (bicyclic) bond motifs is 1. The van der Waals surface area contributed by atoms with Gasteiger partial charge in [-0.15, -0.1) is 0 Å². The molecule has 0 spiro atoms. The van der Waals surface area contributed by atoms with Crippen molar-refractivity contribution >= 4 is 28.8 Å². The Morgan fingerprint density at radius 3 is 2.26 bits per heavy atom. The Hall–Kier alpha value is -3.49. The third-order valence-electron chi connectivity index (χ3n) is 7.21. The standard InChI is InChI=1S/C24H29F2N9O3/c25-19(26)20-28-15-3-1-2-4-16(15)35(20)24-30-22(29-23(31-24)34-11-13-38-14-12-34)33-9-7-32(8-10-33)21(37)18-17(36)5-6-27-18/h1-4,17-19,27,36H,5-14H2/t17-,18?/m0/s1. The van der Waals surface area contributed by atoms with Crippen molar-refractivity contribution in [1.29, 1.82) is 0 Å². The highest BCUT2D eigenvalue weighted by Gasteiger charge is 2.36. The van der Waals surface area contributed by atoms with Crippen LogP contribution in [0.5, 0.6) is 0 Å². The van der Waals surface area contributed by atoms with Gasteiger partial charge in [-0.05, 0) is 25.1 Å². The number of nitrogens with one attached hydrogen (secondary N) is 1. The maximum Gasteiger partial charge on any atom is 0.296 e. The first-order valence-corrected chi connectivity index (χ1v) is 12.8. The molecule has 6 rings (SSSR count). The lowest BCUT2D eigenvalue weighted by molar-refractivity contribution is -0.135. The van der Waals surface area contributed by atoms with E-state index in [-0.39, 0.29) is 11.9 Å². The van der Waals surface area contributed by atoms with Gasteiger partial charge < -0.3 is 29.9 Å². The summed E-state index contributed by atoms with van der Waals surface area (Å²) in [7, 11) is 0. The van der Waals surface area contributed by atoms with Gasteiger partial charge in [0.05, 0.1) is 30.4 Å². The minimum Gasteiger partial charge on any atom is -0.391 e. The molecule has 2 atom stereocenters. The molecule has 14 heteroatoms. The lowest BCUT2D eigenvalue weighted by Gasteiger charge is -2.36. The van der Waals surface area contributed by atoms with E-state index in [1.54, 1.807) is 29.2 Å². The molecule has 3 aliphatic heterocycles. The summed E-state index contributed by atoms with van der Waals surface area (Å²) in [6, 6.07) is 6.30. The summed E-state index contributed by atoms with van der Waals surface area (Å²) in [5, 5.41) is 13.2. The smallest absolute Gasteiger partial charge is 0.296 e. The number of carbonyl (C=O) groups is 1. The number of hydrogen-bond donors (Lipinski definition) is 2. The van der Waals surface area contributed by atoms with Crippen molar-refractivity contribution in [2.75, 3.05) is 68.8 Å². The molecule has 1 aromatic carbocycles. The Balaban J connectivity index is 1.33. The van der Waals surface area contributed by atoms with Gasteiger partial charge in [0, 0.05) is 39.3 Å². The second kappa shape index (κ2) is 10.3. The zero-order valence-electron chi connectivity index (χ0n) is 20.7. The van der Waals surface area contributed by atoms with Crippen molar-refractivity contribution in [3.8, 4) is 5.95 Å². The van der Waals surface area contributed by atoms with Crippen molar-refractivity contribution in [3.05, 3.63) is 30.1 Å². The van der Waals surface area contributed by atoms with E-state index in [9.17, 15) is 18.7 Å². The molecule has 38 heavy (non-hydrogen) atoms. The Labute approximate surface area is 217 Å². The number of aliphatic hydroxyl groups is 1. The molecule has 0 saturated carbocycles. The van der Waals surface area contributed by atoms with Gasteiger partial charge in [0.15, 0.2) is 5.82 Å². The quantitative estimate of drug-likeness (QED) is 0.479. The fourth-order valence-electron chi connectivity index (χ4n) is 5.16. The highest BCUT2D eigenvalue weighted by Crippen LogP contribution is 2.28. The third-order valence-corrected chi connectivity index (χ3v) is 7.21. The molecule has 0 radical (unpaired) electrons. The normalized spacial score (nSPS) is 22.6. The number of rotatable bonds is 5. The van der Waals surface area contributed by atoms with Crippen molar-refractivity contribution < 1.29 is 23.4 Å². The minimum atomic E-state index is -2.83. The van der Waals surface area contributed by atoms with Crippen LogP contribution in [0.15, 0.2) is 24.3 Å². The Morgan fingerprint density at radius 1 is 0.947 bits per heavy atom. The monoisotopic (exact) mass is 529 g/mol. The lowest BCUT2D eigenvalue weighted by atomic mass is 10.1. The van der Waals surface area contributed by atoms with E-state index < -0.39 is 24.4 Å². The average Bonchev–Trinajstić information content (AvgIpc) is 3.57. The topological polar surface area (TPSA) is 125 Å². The van der Waals surface area contributed by atoms with Gasteiger partial charge in [0.1, 0.15) is 6.04 Å². The van der Waals surface area contributed by atoms with Crippen molar-refractivity contribution in [1.82, 2.24) is 34.7 Å². The molecule has 202 valence electrons. The number of aromatic nitrogens is 5. The predicted molar refractivity (Wildman–Crippen MR) is 134 cm³/mol. The summed E-state index contributed by atoms with van der Waals surface area (Å²) in [5.74, 6) is 0.238. The summed E-state index contributed by atoms with van der Waals surface area (Å²) < 4.78 is 34.9. The first-order valence-electron chi connectivity index (χ1n) is 12.8. The van der Waals surface area contributed by atoms with Crippen molar-refractivity contribution in [3.63, 3.8) is 0 Å². The fourth-order valence-corrected chi connectivity index (χ4v) is 5.16. The molecule has 5 heterocycles. The lowest BCUT2D eigenvalue weighted by Crippen LogP contribution is -2.55. The molecule has 2 aromatic heterocycles. The second-order valence-corrected chi connectivity index (χ2v) is 9.53. The number of piperazine rings is 1. The molecule has 1 amide bonds. The Bertz CT molecular complexity index is 1310. The molecular formula is C24H29F2N9O3. The predicted octanol–water partition coefficient (Wildman–Crippen LogP) is 0.356. The van der Waals surface area contributed by atoms with Crippen LogP contribution in [0.25, 0.3) is 17.0 Å². The molecular weight excluding hydrogens is 500 g/mol. The number of nitrogens with zero attached hydrogens (tertiary/aromatic N) is 8. The zero-order chi connectivity index (χ0) is 26.2. The molecule has 0 bridgehead atoms. The van der Waals surface area contributed by atoms with Gasteiger partial charge in [-0.1, -0.05) is 12.1 Å². The maximum absolute atomic E-state index is 14.1. The highest BCUT2D eigenvalue weighted by atomic mass is 19.3. The first kappa shape index (κ1) is 24.8. The molecule has 2 N–H and O–H groups in total. The second-order valence-electron chi connectivity index (χ2n) is 9.53. The fraction of sp³-hybridized carbons (Fsp3) is 0.542. The van der Waals surface area contributed by atoms with E-state index in [2.05, 4.69) is 20.3 Å². The van der Waals surface area contributed by atoms with E-state index in [4.69, 9.17) is 9.72 Å². The van der Waals surface area contributed by atoms with Gasteiger partial charge in [-0.25, -0.2) is 13.8 Å². The average molecular weight is 530 g/mol. The van der Waals surface area contributed by atoms with Gasteiger partial charge in [-0.2, -0.15) is 15.0 Å². The molecule has 1 unspecified atom stereocenters. The molecule has 3 aliphatic rings. The molecule has 3 saturated heterocycles.